The molecule has 1 saturated heterocycles. The van der Waals surface area contributed by atoms with E-state index in [0.717, 1.165) is 54.0 Å². The van der Waals surface area contributed by atoms with Crippen molar-refractivity contribution in [1.29, 1.82) is 0 Å². The molecule has 0 bridgehead atoms. The van der Waals surface area contributed by atoms with Gasteiger partial charge < -0.3 is 15.5 Å². The number of hydrogen-bond donors (Lipinski definition) is 2. The van der Waals surface area contributed by atoms with E-state index in [2.05, 4.69) is 65.5 Å². The Balaban J connectivity index is 1.35. The number of aryl methyl sites for hydroxylation is 2. The Morgan fingerprint density at radius 2 is 1.94 bits per heavy atom. The minimum atomic E-state index is 0.0257. The Kier molecular flexibility index (Phi) is 6.86. The highest BCUT2D eigenvalue weighted by Crippen LogP contribution is 2.34. The first-order chi connectivity index (χ1) is 16.2. The lowest BCUT2D eigenvalue weighted by atomic mass is 9.75. The summed E-state index contributed by atoms with van der Waals surface area (Å²) in [7, 11) is 1.87. The van der Waals surface area contributed by atoms with Gasteiger partial charge in [0.25, 0.3) is 0 Å². The van der Waals surface area contributed by atoms with Gasteiger partial charge in [-0.2, -0.15) is 5.10 Å². The number of benzene rings is 1. The predicted octanol–water partition coefficient (Wildman–Crippen LogP) is 4.90. The van der Waals surface area contributed by atoms with Crippen molar-refractivity contribution in [3.8, 4) is 11.3 Å². The number of carbonyl (C=O) groups excluding carboxylic acids is 1. The molecule has 0 saturated carbocycles. The summed E-state index contributed by atoms with van der Waals surface area (Å²) in [6, 6.07) is 8.13. The zero-order valence-corrected chi connectivity index (χ0v) is 20.8. The number of amides is 2. The molecule has 1 aliphatic heterocycles. The lowest BCUT2D eigenvalue weighted by Gasteiger charge is -2.38. The van der Waals surface area contributed by atoms with E-state index in [9.17, 15) is 4.79 Å². The molecule has 1 aromatic carbocycles. The van der Waals surface area contributed by atoms with Crippen LogP contribution in [-0.4, -0.2) is 43.8 Å². The lowest BCUT2D eigenvalue weighted by molar-refractivity contribution is 0.122. The molecule has 2 aromatic heterocycles. The summed E-state index contributed by atoms with van der Waals surface area (Å²) in [4.78, 5) is 23.6. The van der Waals surface area contributed by atoms with Crippen LogP contribution in [-0.2, 0) is 13.6 Å². The van der Waals surface area contributed by atoms with Crippen LogP contribution >= 0.6 is 0 Å². The molecule has 2 amide bonds. The molecule has 0 atom stereocenters. The van der Waals surface area contributed by atoms with E-state index in [-0.39, 0.29) is 6.03 Å². The fourth-order valence-electron chi connectivity index (χ4n) is 4.48. The van der Waals surface area contributed by atoms with Gasteiger partial charge in [0.2, 0.25) is 5.95 Å². The third-order valence-electron chi connectivity index (χ3n) is 6.69. The van der Waals surface area contributed by atoms with Gasteiger partial charge in [-0.1, -0.05) is 32.9 Å². The molecule has 34 heavy (non-hydrogen) atoms. The molecule has 3 heterocycles. The third kappa shape index (κ3) is 5.73. The van der Waals surface area contributed by atoms with Crippen molar-refractivity contribution in [2.45, 2.75) is 47.1 Å². The standard InChI is InChI=1S/C26H35N7O/c1-18-14-19(23-8-11-27-24(31-23)30-22-16-29-32(5)17-22)6-7-20(18)15-28-25(34)33-12-9-21(10-13-33)26(2,3)4/h6-8,11,14,16-17,21H,9-10,12-13,15H2,1-5H3,(H,28,34)(H,27,30,31). The topological polar surface area (TPSA) is 88.0 Å². The van der Waals surface area contributed by atoms with Crippen molar-refractivity contribution in [3.05, 3.63) is 54.0 Å². The minimum absolute atomic E-state index is 0.0257. The number of anilines is 2. The second-order valence-corrected chi connectivity index (χ2v) is 10.2. The van der Waals surface area contributed by atoms with Crippen LogP contribution in [0.25, 0.3) is 11.3 Å². The van der Waals surface area contributed by atoms with Gasteiger partial charge in [0.15, 0.2) is 0 Å². The van der Waals surface area contributed by atoms with Gasteiger partial charge in [-0.05, 0) is 54.4 Å². The number of piperidine rings is 1. The highest BCUT2D eigenvalue weighted by atomic mass is 16.2. The van der Waals surface area contributed by atoms with E-state index in [1.807, 2.05) is 30.3 Å². The molecule has 4 rings (SSSR count). The molecular formula is C26H35N7O. The van der Waals surface area contributed by atoms with E-state index in [1.165, 1.54) is 0 Å². The zero-order valence-electron chi connectivity index (χ0n) is 20.8. The maximum absolute atomic E-state index is 12.7. The van der Waals surface area contributed by atoms with Gasteiger partial charge in [0.05, 0.1) is 17.6 Å². The molecule has 8 heteroatoms. The SMILES string of the molecule is Cc1cc(-c2ccnc(Nc3cnn(C)c3)n2)ccc1CNC(=O)N1CCC(C(C)(C)C)CC1. The highest BCUT2D eigenvalue weighted by Gasteiger charge is 2.30. The van der Waals surface area contributed by atoms with E-state index >= 15 is 0 Å². The molecule has 0 unspecified atom stereocenters. The maximum atomic E-state index is 12.7. The van der Waals surface area contributed by atoms with Crippen LogP contribution < -0.4 is 10.6 Å². The van der Waals surface area contributed by atoms with Crippen molar-refractivity contribution in [2.24, 2.45) is 18.4 Å². The molecule has 2 N–H and O–H groups in total. The van der Waals surface area contributed by atoms with Crippen molar-refractivity contribution in [1.82, 2.24) is 30.0 Å². The number of hydrogen-bond acceptors (Lipinski definition) is 5. The summed E-state index contributed by atoms with van der Waals surface area (Å²) in [5, 5.41) is 10.4. The number of rotatable bonds is 5. The third-order valence-corrected chi connectivity index (χ3v) is 6.69. The Morgan fingerprint density at radius 1 is 1.18 bits per heavy atom. The highest BCUT2D eigenvalue weighted by molar-refractivity contribution is 5.74. The van der Waals surface area contributed by atoms with Gasteiger partial charge in [0.1, 0.15) is 0 Å². The lowest BCUT2D eigenvalue weighted by Crippen LogP contribution is -2.45. The predicted molar refractivity (Wildman–Crippen MR) is 135 cm³/mol. The van der Waals surface area contributed by atoms with Crippen LogP contribution in [0.4, 0.5) is 16.4 Å². The fourth-order valence-corrected chi connectivity index (χ4v) is 4.48. The number of nitrogens with one attached hydrogen (secondary N) is 2. The average Bonchev–Trinajstić information content (AvgIpc) is 3.22. The van der Waals surface area contributed by atoms with E-state index < -0.39 is 0 Å². The zero-order chi connectivity index (χ0) is 24.3. The number of carbonyl (C=O) groups is 1. The molecule has 0 aliphatic carbocycles. The van der Waals surface area contributed by atoms with Crippen LogP contribution in [0, 0.1) is 18.3 Å². The molecule has 0 radical (unpaired) electrons. The molecular weight excluding hydrogens is 426 g/mol. The first kappa shape index (κ1) is 23.7. The van der Waals surface area contributed by atoms with Crippen LogP contribution in [0.15, 0.2) is 42.9 Å². The van der Waals surface area contributed by atoms with Crippen LogP contribution in [0.1, 0.15) is 44.7 Å². The van der Waals surface area contributed by atoms with Gasteiger partial charge in [-0.3, -0.25) is 4.68 Å². The van der Waals surface area contributed by atoms with Gasteiger partial charge in [-0.25, -0.2) is 14.8 Å². The van der Waals surface area contributed by atoms with Crippen LogP contribution in [0.5, 0.6) is 0 Å². The molecule has 8 nitrogen and oxygen atoms in total. The van der Waals surface area contributed by atoms with E-state index in [1.54, 1.807) is 17.1 Å². The number of likely N-dealkylation sites (tertiary alicyclic amines) is 1. The average molecular weight is 462 g/mol. The quantitative estimate of drug-likeness (QED) is 0.564. The van der Waals surface area contributed by atoms with Crippen LogP contribution in [0.3, 0.4) is 0 Å². The molecule has 180 valence electrons. The summed E-state index contributed by atoms with van der Waals surface area (Å²) < 4.78 is 1.72. The number of aromatic nitrogens is 4. The summed E-state index contributed by atoms with van der Waals surface area (Å²) in [5.74, 6) is 1.20. The Hall–Kier alpha value is -3.42. The van der Waals surface area contributed by atoms with Gasteiger partial charge >= 0.3 is 6.03 Å². The first-order valence-corrected chi connectivity index (χ1v) is 11.9. The van der Waals surface area contributed by atoms with E-state index in [4.69, 9.17) is 0 Å². The first-order valence-electron chi connectivity index (χ1n) is 11.9. The Labute approximate surface area is 201 Å². The van der Waals surface area contributed by atoms with Crippen molar-refractivity contribution < 1.29 is 4.79 Å². The second-order valence-electron chi connectivity index (χ2n) is 10.2. The largest absolute Gasteiger partial charge is 0.334 e. The summed E-state index contributed by atoms with van der Waals surface area (Å²) in [6.07, 6.45) is 7.49. The molecule has 3 aromatic rings. The monoisotopic (exact) mass is 461 g/mol. The summed E-state index contributed by atoms with van der Waals surface area (Å²) >= 11 is 0. The fraction of sp³-hybridized carbons (Fsp3) is 0.462. The molecule has 1 fully saturated rings. The van der Waals surface area contributed by atoms with Gasteiger partial charge in [0, 0.05) is 44.6 Å². The van der Waals surface area contributed by atoms with E-state index in [0.29, 0.717) is 23.8 Å². The maximum Gasteiger partial charge on any atom is 0.317 e. The molecule has 0 spiro atoms. The number of nitrogens with zero attached hydrogens (tertiary/aromatic N) is 5. The van der Waals surface area contributed by atoms with Crippen molar-refractivity contribution in [2.75, 3.05) is 18.4 Å². The normalized spacial score (nSPS) is 14.8. The minimum Gasteiger partial charge on any atom is -0.334 e. The summed E-state index contributed by atoms with van der Waals surface area (Å²) in [6.45, 7) is 11.1. The summed E-state index contributed by atoms with van der Waals surface area (Å²) in [5.41, 5.74) is 5.20. The van der Waals surface area contributed by atoms with Crippen molar-refractivity contribution in [3.63, 3.8) is 0 Å². The van der Waals surface area contributed by atoms with Crippen molar-refractivity contribution >= 4 is 17.7 Å². The number of urea groups is 1. The molecule has 1 aliphatic rings. The van der Waals surface area contributed by atoms with Crippen LogP contribution in [0.2, 0.25) is 0 Å². The Bertz CT molecular complexity index is 1140. The second kappa shape index (κ2) is 9.83. The smallest absolute Gasteiger partial charge is 0.317 e. The van der Waals surface area contributed by atoms with Gasteiger partial charge in [-0.15, -0.1) is 0 Å². The Morgan fingerprint density at radius 3 is 2.59 bits per heavy atom.